The standard InChI is InChI=1S/C65H94O27/c1-29(68)84-40-24-64(9)32(33-23-60(3,4)53(54(85-30(2)69)65(33,40)28-67)88-41(72)18-15-31-13-11-10-12-14-31)16-17-38-62(7)21-20-39(61(5,6)37(62)19-22-63(38,64)8)87-59-52(92-57-47(78)45(76)44(75)36(25-66)86-57)49(48(79)50(90-59)55(80)81)89-58-51(43(74)35(71)27-83-58)91-56-46(77)42(73)34(70)26-82-56/h10-16,18,33-40,42-54,56-59,66-67,70-71,73-79H,17,19-28H2,1-9H3,(H,80,81)/b18-15+/t33-,34-,35-,36+,37-,38+,39-,40+,42-,43-,44-,45-,46-,47+,48-,49-,50-,51+,52+,53-,54-,56-,57-,58-,59+,62-,63+,64+,65-/m0/s1. The highest BCUT2D eigenvalue weighted by atomic mass is 16.8. The summed E-state index contributed by atoms with van der Waals surface area (Å²) in [6.45, 7) is 14.6. The molecule has 4 aliphatic heterocycles. The molecule has 27 nitrogen and oxygen atoms in total. The lowest BCUT2D eigenvalue weighted by atomic mass is 9.33. The Balaban J connectivity index is 0.970. The quantitative estimate of drug-likeness (QED) is 0.0344. The number of allylic oxidation sites excluding steroid dienone is 2. The van der Waals surface area contributed by atoms with Gasteiger partial charge in [0.15, 0.2) is 37.4 Å². The average Bonchev–Trinajstić information content (AvgIpc) is 0.668. The summed E-state index contributed by atoms with van der Waals surface area (Å²) in [6.07, 6.45) is -29.7. The van der Waals surface area contributed by atoms with Gasteiger partial charge in [-0.1, -0.05) is 90.4 Å². The maximum atomic E-state index is 13.8. The molecule has 92 heavy (non-hydrogen) atoms. The lowest BCUT2D eigenvalue weighted by Crippen LogP contribution is -2.73. The van der Waals surface area contributed by atoms with Crippen LogP contribution in [0.2, 0.25) is 0 Å². The van der Waals surface area contributed by atoms with Gasteiger partial charge in [0, 0.05) is 25.3 Å². The number of carboxylic acids is 1. The molecule has 0 amide bonds. The number of aliphatic hydroxyl groups is 11. The van der Waals surface area contributed by atoms with Gasteiger partial charge in [-0.05, 0) is 96.0 Å². The van der Waals surface area contributed by atoms with Crippen molar-refractivity contribution in [2.24, 2.45) is 50.2 Å². The van der Waals surface area contributed by atoms with E-state index in [1.54, 1.807) is 6.08 Å². The first-order valence-corrected chi connectivity index (χ1v) is 31.9. The molecule has 12 N–H and O–H groups in total. The van der Waals surface area contributed by atoms with Crippen molar-refractivity contribution in [3.63, 3.8) is 0 Å². The molecule has 5 aliphatic carbocycles. The molecule has 1 aromatic rings. The maximum Gasteiger partial charge on any atom is 0.335 e. The van der Waals surface area contributed by atoms with E-state index in [1.807, 2.05) is 58.0 Å². The van der Waals surface area contributed by atoms with Crippen LogP contribution in [0.4, 0.5) is 0 Å². The number of carbonyl (C=O) groups excluding carboxylic acids is 3. The number of rotatable bonds is 16. The molecule has 9 aliphatic rings. The highest BCUT2D eigenvalue weighted by molar-refractivity contribution is 5.87. The minimum absolute atomic E-state index is 0.0567. The normalized spacial score (nSPS) is 47.3. The zero-order valence-corrected chi connectivity index (χ0v) is 53.3. The fourth-order valence-electron chi connectivity index (χ4n) is 18.0. The smallest absolute Gasteiger partial charge is 0.335 e. The molecule has 0 radical (unpaired) electrons. The van der Waals surface area contributed by atoms with E-state index in [9.17, 15) is 80.5 Å². The number of benzene rings is 1. The Morgan fingerprint density at radius 2 is 1.24 bits per heavy atom. The molecular weight excluding hydrogens is 1210 g/mol. The third kappa shape index (κ3) is 12.3. The number of esters is 3. The van der Waals surface area contributed by atoms with Crippen molar-refractivity contribution in [3.8, 4) is 0 Å². The van der Waals surface area contributed by atoms with Crippen LogP contribution < -0.4 is 0 Å². The average molecular weight is 1310 g/mol. The number of hydrogen-bond acceptors (Lipinski definition) is 26. The second kappa shape index (κ2) is 26.7. The molecule has 4 heterocycles. The molecule has 0 bridgehead atoms. The maximum absolute atomic E-state index is 13.8. The third-order valence-corrected chi connectivity index (χ3v) is 23.0. The molecule has 0 spiro atoms. The predicted molar refractivity (Wildman–Crippen MR) is 314 cm³/mol. The van der Waals surface area contributed by atoms with Gasteiger partial charge in [0.05, 0.1) is 37.9 Å². The number of hydrogen-bond donors (Lipinski definition) is 12. The Morgan fingerprint density at radius 3 is 1.88 bits per heavy atom. The van der Waals surface area contributed by atoms with Gasteiger partial charge in [0.25, 0.3) is 0 Å². The Morgan fingerprint density at radius 1 is 0.609 bits per heavy atom. The van der Waals surface area contributed by atoms with Crippen LogP contribution in [-0.2, 0) is 71.3 Å². The fourth-order valence-corrected chi connectivity index (χ4v) is 18.0. The summed E-state index contributed by atoms with van der Waals surface area (Å²) >= 11 is 0. The Hall–Kier alpha value is -4.18. The summed E-state index contributed by atoms with van der Waals surface area (Å²) in [5.41, 5.74) is -3.11. The minimum Gasteiger partial charge on any atom is -0.479 e. The van der Waals surface area contributed by atoms with E-state index in [2.05, 4.69) is 26.8 Å². The topological polar surface area (TPSA) is 413 Å². The van der Waals surface area contributed by atoms with E-state index in [4.69, 9.17) is 52.1 Å². The van der Waals surface area contributed by atoms with Gasteiger partial charge in [0.1, 0.15) is 91.6 Å². The Labute approximate surface area is 533 Å². The highest BCUT2D eigenvalue weighted by Gasteiger charge is 2.75. The van der Waals surface area contributed by atoms with E-state index >= 15 is 0 Å². The first kappa shape index (κ1) is 70.6. The molecular formula is C65H94O27. The van der Waals surface area contributed by atoms with Crippen LogP contribution >= 0.6 is 0 Å². The molecule has 27 heteroatoms. The number of carboxylic acid groups (broad SMARTS) is 1. The highest BCUT2D eigenvalue weighted by Crippen LogP contribution is 2.76. The van der Waals surface area contributed by atoms with E-state index in [1.165, 1.54) is 19.9 Å². The fraction of sp³-hybridized carbons (Fsp3) is 0.785. The van der Waals surface area contributed by atoms with Crippen LogP contribution in [0.1, 0.15) is 113 Å². The van der Waals surface area contributed by atoms with Gasteiger partial charge < -0.3 is 113 Å². The molecule has 4 saturated carbocycles. The number of fused-ring (bicyclic) bond motifs is 7. The van der Waals surface area contributed by atoms with E-state index in [0.29, 0.717) is 38.5 Å². The van der Waals surface area contributed by atoms with Gasteiger partial charge in [0.2, 0.25) is 0 Å². The number of aliphatic hydroxyl groups excluding tert-OH is 11. The number of aliphatic carboxylic acids is 1. The van der Waals surface area contributed by atoms with Crippen LogP contribution in [0.15, 0.2) is 48.1 Å². The summed E-state index contributed by atoms with van der Waals surface area (Å²) < 4.78 is 67.8. The third-order valence-electron chi connectivity index (χ3n) is 23.0. The predicted octanol–water partition coefficient (Wildman–Crippen LogP) is 0.127. The minimum atomic E-state index is -2.23. The van der Waals surface area contributed by atoms with Crippen LogP contribution in [-0.4, -0.2) is 247 Å². The van der Waals surface area contributed by atoms with Crippen LogP contribution in [0, 0.1) is 50.2 Å². The lowest BCUT2D eigenvalue weighted by Gasteiger charge is -2.72. The largest absolute Gasteiger partial charge is 0.479 e. The summed E-state index contributed by atoms with van der Waals surface area (Å²) in [5.74, 6) is -4.44. The Kier molecular flexibility index (Phi) is 20.5. The van der Waals surface area contributed by atoms with Crippen LogP contribution in [0.25, 0.3) is 6.08 Å². The summed E-state index contributed by atoms with van der Waals surface area (Å²) in [5, 5.41) is 132. The molecule has 4 saturated heterocycles. The van der Waals surface area contributed by atoms with E-state index < -0.39 is 224 Å². The van der Waals surface area contributed by atoms with Crippen molar-refractivity contribution in [1.82, 2.24) is 0 Å². The van der Waals surface area contributed by atoms with Crippen molar-refractivity contribution in [2.75, 3.05) is 26.4 Å². The monoisotopic (exact) mass is 1310 g/mol. The van der Waals surface area contributed by atoms with Gasteiger partial charge in [-0.15, -0.1) is 0 Å². The summed E-state index contributed by atoms with van der Waals surface area (Å²) in [4.78, 5) is 53.9. The van der Waals surface area contributed by atoms with E-state index in [-0.39, 0.29) is 18.3 Å². The van der Waals surface area contributed by atoms with Crippen molar-refractivity contribution in [1.29, 1.82) is 0 Å². The van der Waals surface area contributed by atoms with Crippen molar-refractivity contribution >= 4 is 30.0 Å². The van der Waals surface area contributed by atoms with E-state index in [0.717, 1.165) is 11.1 Å². The molecule has 516 valence electrons. The molecule has 0 aromatic heterocycles. The number of ether oxygens (including phenoxy) is 11. The SMILES string of the molecule is CC(=O)O[C@@H]1C[C@]2(C)C(=CC[C@@H]3[C@@]4(C)CC[C@H](O[C@@H]5O[C@H](C(=O)O)[C@@H](O)[C@H](O[C@@H]6OC[C@H](O)[C@H](O)[C@H]6O[C@@H]6OC[C@H](O)[C@H](O)[C@@H]6O)[C@H]5O[C@@H]5O[C@H](CO)[C@H](O)[C@H](O)[C@H]5O)C(C)(C)[C@@H]4CC[C@]32C)[C@@H]2CC(C)(C)[C@@H](OC(=O)/C=C/c3ccccc3)[C@H](OC(C)=O)[C@]12CO. The first-order chi connectivity index (χ1) is 43.2. The molecule has 29 atom stereocenters. The zero-order chi connectivity index (χ0) is 67.1. The number of carbonyl (C=O) groups is 4. The first-order valence-electron chi connectivity index (χ1n) is 31.9. The van der Waals surface area contributed by atoms with Gasteiger partial charge in [-0.2, -0.15) is 0 Å². The summed E-state index contributed by atoms with van der Waals surface area (Å²) in [7, 11) is 0. The molecule has 10 rings (SSSR count). The Bertz CT molecular complexity index is 2870. The van der Waals surface area contributed by atoms with Gasteiger partial charge >= 0.3 is 23.9 Å². The zero-order valence-electron chi connectivity index (χ0n) is 53.3. The van der Waals surface area contributed by atoms with Crippen LogP contribution in [0.5, 0.6) is 0 Å². The van der Waals surface area contributed by atoms with Gasteiger partial charge in [-0.3, -0.25) is 9.59 Å². The van der Waals surface area contributed by atoms with Crippen molar-refractivity contribution in [2.45, 2.75) is 242 Å². The second-order valence-corrected chi connectivity index (χ2v) is 29.0. The molecule has 8 fully saturated rings. The summed E-state index contributed by atoms with van der Waals surface area (Å²) in [6, 6.07) is 9.17. The van der Waals surface area contributed by atoms with Crippen molar-refractivity contribution < 1.29 is 133 Å². The van der Waals surface area contributed by atoms with Gasteiger partial charge in [-0.25, -0.2) is 9.59 Å². The molecule has 1 aromatic carbocycles. The van der Waals surface area contributed by atoms with Crippen molar-refractivity contribution in [3.05, 3.63) is 53.6 Å². The lowest BCUT2D eigenvalue weighted by molar-refractivity contribution is -0.399. The second-order valence-electron chi connectivity index (χ2n) is 29.0. The molecule has 0 unspecified atom stereocenters. The van der Waals surface area contributed by atoms with Crippen LogP contribution in [0.3, 0.4) is 0 Å².